The molecule has 170 valence electrons. The highest BCUT2D eigenvalue weighted by atomic mass is 35.5. The van der Waals surface area contributed by atoms with Gasteiger partial charge in [0.1, 0.15) is 12.4 Å². The number of thioether (sulfide) groups is 1. The number of nitrogens with zero attached hydrogens (tertiary/aromatic N) is 4. The molecule has 4 aromatic rings. The number of carbonyl (C=O) groups is 2. The lowest BCUT2D eigenvalue weighted by atomic mass is 10.2. The molecule has 0 bridgehead atoms. The number of aromatic nitrogens is 3. The van der Waals surface area contributed by atoms with Crippen LogP contribution in [0.2, 0.25) is 5.02 Å². The molecule has 0 atom stereocenters. The zero-order valence-corrected chi connectivity index (χ0v) is 19.2. The van der Waals surface area contributed by atoms with Crippen molar-refractivity contribution in [2.75, 3.05) is 22.5 Å². The van der Waals surface area contributed by atoms with Crippen LogP contribution in [0.25, 0.3) is 17.1 Å². The summed E-state index contributed by atoms with van der Waals surface area (Å²) < 4.78 is 16.3. The molecule has 0 radical (unpaired) electrons. The minimum absolute atomic E-state index is 0.0310. The van der Waals surface area contributed by atoms with Gasteiger partial charge in [0.05, 0.1) is 27.8 Å². The van der Waals surface area contributed by atoms with Crippen molar-refractivity contribution in [3.63, 3.8) is 0 Å². The largest absolute Gasteiger partial charge is 0.323 e. The number of halogens is 2. The number of hydrogen-bond donors (Lipinski definition) is 1. The Hall–Kier alpha value is -3.69. The number of fused-ring (bicyclic) bond motifs is 1. The Morgan fingerprint density at radius 2 is 1.71 bits per heavy atom. The molecule has 1 N–H and O–H groups in total. The number of nitrogens with one attached hydrogen (secondary N) is 1. The van der Waals surface area contributed by atoms with Gasteiger partial charge in [-0.25, -0.2) is 4.39 Å². The summed E-state index contributed by atoms with van der Waals surface area (Å²) in [5.41, 5.74) is 2.02. The van der Waals surface area contributed by atoms with Crippen molar-refractivity contribution in [2.45, 2.75) is 5.16 Å². The number of para-hydroxylation sites is 3. The molecule has 0 aliphatic carbocycles. The summed E-state index contributed by atoms with van der Waals surface area (Å²) in [5.74, 6) is -0.697. The molecule has 10 heteroatoms. The molecule has 0 saturated heterocycles. The van der Waals surface area contributed by atoms with E-state index in [2.05, 4.69) is 15.5 Å². The minimum Gasteiger partial charge on any atom is -0.323 e. The van der Waals surface area contributed by atoms with E-state index >= 15 is 0 Å². The highest BCUT2D eigenvalue weighted by molar-refractivity contribution is 7.99. The summed E-state index contributed by atoms with van der Waals surface area (Å²) in [6, 6.07) is 20.4. The smallest absolute Gasteiger partial charge is 0.244 e. The molecule has 0 spiro atoms. The maximum atomic E-state index is 14.8. The van der Waals surface area contributed by atoms with Gasteiger partial charge in [-0.15, -0.1) is 10.2 Å². The van der Waals surface area contributed by atoms with Crippen LogP contribution in [0.3, 0.4) is 0 Å². The fourth-order valence-corrected chi connectivity index (χ4v) is 4.73. The second-order valence-corrected chi connectivity index (χ2v) is 8.76. The van der Waals surface area contributed by atoms with Gasteiger partial charge in [0.2, 0.25) is 11.8 Å². The van der Waals surface area contributed by atoms with Gasteiger partial charge in [0, 0.05) is 5.56 Å². The van der Waals surface area contributed by atoms with Crippen LogP contribution in [-0.4, -0.2) is 38.9 Å². The van der Waals surface area contributed by atoms with Crippen molar-refractivity contribution in [2.24, 2.45) is 0 Å². The van der Waals surface area contributed by atoms with Crippen LogP contribution in [0.4, 0.5) is 15.8 Å². The third kappa shape index (κ3) is 4.15. The number of rotatable bonds is 5. The highest BCUT2D eigenvalue weighted by Crippen LogP contribution is 2.34. The van der Waals surface area contributed by atoms with Gasteiger partial charge in [0.25, 0.3) is 0 Å². The average Bonchev–Trinajstić information content (AvgIpc) is 3.26. The second-order valence-electron chi connectivity index (χ2n) is 7.41. The molecule has 7 nitrogen and oxygen atoms in total. The summed E-state index contributed by atoms with van der Waals surface area (Å²) in [4.78, 5) is 26.6. The molecule has 0 fully saturated rings. The zero-order chi connectivity index (χ0) is 23.7. The summed E-state index contributed by atoms with van der Waals surface area (Å²) in [6.45, 7) is -0.0821. The van der Waals surface area contributed by atoms with Crippen LogP contribution in [0, 0.1) is 5.82 Å². The lowest BCUT2D eigenvalue weighted by Crippen LogP contribution is -2.43. The maximum absolute atomic E-state index is 14.8. The van der Waals surface area contributed by atoms with Gasteiger partial charge < -0.3 is 10.2 Å². The first-order valence-corrected chi connectivity index (χ1v) is 11.7. The quantitative estimate of drug-likeness (QED) is 0.404. The van der Waals surface area contributed by atoms with Crippen LogP contribution in [0.15, 0.2) is 78.0 Å². The summed E-state index contributed by atoms with van der Waals surface area (Å²) >= 11 is 7.48. The molecule has 1 aliphatic rings. The molecule has 0 saturated carbocycles. The van der Waals surface area contributed by atoms with Gasteiger partial charge in [-0.05, 0) is 36.4 Å². The fourth-order valence-electron chi connectivity index (χ4n) is 3.69. The number of benzene rings is 3. The molecule has 1 aliphatic heterocycles. The van der Waals surface area contributed by atoms with E-state index in [0.717, 1.165) is 11.8 Å². The zero-order valence-electron chi connectivity index (χ0n) is 17.6. The maximum Gasteiger partial charge on any atom is 0.244 e. The summed E-state index contributed by atoms with van der Waals surface area (Å²) in [7, 11) is 0. The normalized spacial score (nSPS) is 12.9. The van der Waals surface area contributed by atoms with Gasteiger partial charge in [-0.3, -0.25) is 14.2 Å². The Balaban J connectivity index is 1.48. The van der Waals surface area contributed by atoms with Crippen LogP contribution >= 0.6 is 23.4 Å². The first kappa shape index (κ1) is 22.1. The van der Waals surface area contributed by atoms with E-state index in [1.54, 1.807) is 71.3 Å². The van der Waals surface area contributed by atoms with Crippen LogP contribution in [0.5, 0.6) is 0 Å². The highest BCUT2D eigenvalue weighted by Gasteiger charge is 2.28. The van der Waals surface area contributed by atoms with E-state index in [-0.39, 0.29) is 29.8 Å². The monoisotopic (exact) mass is 493 g/mol. The first-order valence-electron chi connectivity index (χ1n) is 10.3. The van der Waals surface area contributed by atoms with Crippen LogP contribution < -0.4 is 10.2 Å². The fraction of sp³-hybridized carbons (Fsp3) is 0.0833. The van der Waals surface area contributed by atoms with Crippen molar-refractivity contribution in [1.29, 1.82) is 0 Å². The average molecular weight is 494 g/mol. The molecule has 2 heterocycles. The van der Waals surface area contributed by atoms with E-state index in [0.29, 0.717) is 32.9 Å². The predicted molar refractivity (Wildman–Crippen MR) is 130 cm³/mol. The molecule has 34 heavy (non-hydrogen) atoms. The van der Waals surface area contributed by atoms with E-state index in [1.165, 1.54) is 11.0 Å². The van der Waals surface area contributed by atoms with E-state index in [1.807, 2.05) is 0 Å². The summed E-state index contributed by atoms with van der Waals surface area (Å²) in [5, 5.41) is 12.0. The number of amides is 2. The predicted octanol–water partition coefficient (Wildman–Crippen LogP) is 4.80. The van der Waals surface area contributed by atoms with Crippen LogP contribution in [0.1, 0.15) is 0 Å². The van der Waals surface area contributed by atoms with Crippen molar-refractivity contribution in [1.82, 2.24) is 14.8 Å². The standard InChI is InChI=1S/C24H17ClFN5O2S/c25-16-8-2-1-7-15(16)23-28-29-24(31(23)19-11-5-3-9-17(19)26)34-14-22(33)30-13-21(32)27-18-10-4-6-12-20(18)30/h1-12H,13-14H2,(H,27,32). The molecule has 2 amide bonds. The first-order chi connectivity index (χ1) is 16.5. The topological polar surface area (TPSA) is 80.1 Å². The third-order valence-electron chi connectivity index (χ3n) is 5.24. The summed E-state index contributed by atoms with van der Waals surface area (Å²) in [6.07, 6.45) is 0. The van der Waals surface area contributed by atoms with Crippen molar-refractivity contribution < 1.29 is 14.0 Å². The van der Waals surface area contributed by atoms with Crippen molar-refractivity contribution >= 4 is 46.6 Å². The molecule has 0 unspecified atom stereocenters. The Kier molecular flexibility index (Phi) is 6.04. The Morgan fingerprint density at radius 1 is 1.00 bits per heavy atom. The lowest BCUT2D eigenvalue weighted by molar-refractivity contribution is -0.120. The van der Waals surface area contributed by atoms with Gasteiger partial charge in [-0.1, -0.05) is 59.8 Å². The Labute approximate surface area is 203 Å². The van der Waals surface area contributed by atoms with Crippen LogP contribution in [-0.2, 0) is 9.59 Å². The Bertz CT molecular complexity index is 1410. The third-order valence-corrected chi connectivity index (χ3v) is 6.48. The lowest BCUT2D eigenvalue weighted by Gasteiger charge is -2.29. The molecule has 1 aromatic heterocycles. The number of anilines is 2. The molecule has 3 aromatic carbocycles. The van der Waals surface area contributed by atoms with Gasteiger partial charge in [-0.2, -0.15) is 0 Å². The second kappa shape index (κ2) is 9.28. The minimum atomic E-state index is -0.467. The van der Waals surface area contributed by atoms with Gasteiger partial charge >= 0.3 is 0 Å². The van der Waals surface area contributed by atoms with Gasteiger partial charge in [0.15, 0.2) is 11.0 Å². The van der Waals surface area contributed by atoms with Crippen molar-refractivity contribution in [3.8, 4) is 17.1 Å². The number of hydrogen-bond acceptors (Lipinski definition) is 5. The molecular weight excluding hydrogens is 477 g/mol. The van der Waals surface area contributed by atoms with E-state index in [4.69, 9.17) is 11.6 Å². The van der Waals surface area contributed by atoms with Crippen molar-refractivity contribution in [3.05, 3.63) is 83.6 Å². The van der Waals surface area contributed by atoms with E-state index < -0.39 is 5.82 Å². The number of carbonyl (C=O) groups excluding carboxylic acids is 2. The SMILES string of the molecule is O=C1CN(C(=O)CSc2nnc(-c3ccccc3Cl)n2-c2ccccc2F)c2ccccc2N1. The van der Waals surface area contributed by atoms with E-state index in [9.17, 15) is 14.0 Å². The molecule has 5 rings (SSSR count). The molecular formula is C24H17ClFN5O2S. The Morgan fingerprint density at radius 3 is 2.50 bits per heavy atom.